The van der Waals surface area contributed by atoms with Crippen molar-refractivity contribution in [2.75, 3.05) is 0 Å². The van der Waals surface area contributed by atoms with E-state index < -0.39 is 9.84 Å². The summed E-state index contributed by atoms with van der Waals surface area (Å²) in [6, 6.07) is 12.9. The van der Waals surface area contributed by atoms with E-state index in [1.165, 1.54) is 30.3 Å². The van der Waals surface area contributed by atoms with Gasteiger partial charge in [0, 0.05) is 11.4 Å². The summed E-state index contributed by atoms with van der Waals surface area (Å²) in [5.41, 5.74) is 1.66. The molecule has 0 saturated carbocycles. The summed E-state index contributed by atoms with van der Waals surface area (Å²) in [7, 11) is -3.88. The second-order valence-corrected chi connectivity index (χ2v) is 7.93. The van der Waals surface area contributed by atoms with Crippen molar-refractivity contribution in [3.8, 4) is 11.8 Å². The van der Waals surface area contributed by atoms with Crippen LogP contribution in [0.2, 0.25) is 5.02 Å². The molecule has 1 heterocycles. The zero-order valence-electron chi connectivity index (χ0n) is 12.9. The molecule has 0 amide bonds. The summed E-state index contributed by atoms with van der Waals surface area (Å²) in [6.45, 7) is 1.97. The molecule has 6 heteroatoms. The highest BCUT2D eigenvalue weighted by atomic mass is 35.5. The fraction of sp³-hybridized carbons (Fsp3) is 0.167. The number of allylic oxidation sites excluding steroid dienone is 1. The molecule has 2 aromatic rings. The lowest BCUT2D eigenvalue weighted by molar-refractivity contribution is 0.254. The number of benzene rings is 2. The van der Waals surface area contributed by atoms with Gasteiger partial charge in [-0.15, -0.1) is 0 Å². The number of rotatable bonds is 3. The van der Waals surface area contributed by atoms with E-state index in [0.717, 1.165) is 17.7 Å². The maximum atomic E-state index is 12.6. The Morgan fingerprint density at radius 3 is 2.67 bits per heavy atom. The SMILES string of the molecule is C[C@@H]1Cc2cc(/C=C(\C#N)S(=O)(=O)c3ccc(Cl)cc3)ccc2O1. The van der Waals surface area contributed by atoms with Gasteiger partial charge in [0.1, 0.15) is 22.8 Å². The average Bonchev–Trinajstić information content (AvgIpc) is 2.92. The first-order valence-corrected chi connectivity index (χ1v) is 9.18. The number of sulfone groups is 1. The fourth-order valence-corrected chi connectivity index (χ4v) is 3.88. The van der Waals surface area contributed by atoms with E-state index in [4.69, 9.17) is 16.3 Å². The van der Waals surface area contributed by atoms with Gasteiger partial charge < -0.3 is 4.74 Å². The third-order valence-corrected chi connectivity index (χ3v) is 5.67. The first-order chi connectivity index (χ1) is 11.4. The van der Waals surface area contributed by atoms with Crippen LogP contribution in [0.15, 0.2) is 52.3 Å². The lowest BCUT2D eigenvalue weighted by atomic mass is 10.1. The van der Waals surface area contributed by atoms with Crippen molar-refractivity contribution in [3.05, 3.63) is 63.5 Å². The number of fused-ring (bicyclic) bond motifs is 1. The maximum absolute atomic E-state index is 12.6. The summed E-state index contributed by atoms with van der Waals surface area (Å²) < 4.78 is 30.8. The zero-order valence-corrected chi connectivity index (χ0v) is 14.4. The van der Waals surface area contributed by atoms with Crippen LogP contribution < -0.4 is 4.74 Å². The molecule has 4 nitrogen and oxygen atoms in total. The molecule has 1 atom stereocenters. The van der Waals surface area contributed by atoms with Gasteiger partial charge in [0.05, 0.1) is 4.90 Å². The Kier molecular flexibility index (Phi) is 4.35. The molecule has 0 N–H and O–H groups in total. The molecule has 0 spiro atoms. The fourth-order valence-electron chi connectivity index (χ4n) is 2.59. The molecule has 0 radical (unpaired) electrons. The smallest absolute Gasteiger partial charge is 0.216 e. The third-order valence-electron chi connectivity index (χ3n) is 3.74. The van der Waals surface area contributed by atoms with Gasteiger partial charge in [-0.05, 0) is 60.5 Å². The van der Waals surface area contributed by atoms with Crippen molar-refractivity contribution >= 4 is 27.5 Å². The van der Waals surface area contributed by atoms with Crippen molar-refractivity contribution in [1.82, 2.24) is 0 Å². The predicted molar refractivity (Wildman–Crippen MR) is 92.5 cm³/mol. The predicted octanol–water partition coefficient (Wildman–Crippen LogP) is 4.00. The van der Waals surface area contributed by atoms with Crippen LogP contribution in [-0.2, 0) is 16.3 Å². The van der Waals surface area contributed by atoms with E-state index in [2.05, 4.69) is 0 Å². The van der Waals surface area contributed by atoms with Crippen LogP contribution in [0.25, 0.3) is 6.08 Å². The van der Waals surface area contributed by atoms with E-state index >= 15 is 0 Å². The zero-order chi connectivity index (χ0) is 17.3. The van der Waals surface area contributed by atoms with Crippen LogP contribution in [-0.4, -0.2) is 14.5 Å². The standard InChI is InChI=1S/C18H14ClNO3S/c1-12-8-14-9-13(2-7-18(14)23-12)10-17(11-20)24(21,22)16-5-3-15(19)4-6-16/h2-7,9-10,12H,8H2,1H3/b17-10+/t12-/m1/s1. The van der Waals surface area contributed by atoms with Gasteiger partial charge in [-0.25, -0.2) is 8.42 Å². The molecule has 1 aliphatic heterocycles. The van der Waals surface area contributed by atoms with Gasteiger partial charge >= 0.3 is 0 Å². The minimum Gasteiger partial charge on any atom is -0.490 e. The Labute approximate surface area is 145 Å². The summed E-state index contributed by atoms with van der Waals surface area (Å²) in [4.78, 5) is -0.269. The van der Waals surface area contributed by atoms with Gasteiger partial charge in [0.25, 0.3) is 0 Å². The van der Waals surface area contributed by atoms with Crippen molar-refractivity contribution in [1.29, 1.82) is 5.26 Å². The van der Waals surface area contributed by atoms with Gasteiger partial charge in [0.2, 0.25) is 9.84 Å². The van der Waals surface area contributed by atoms with E-state index in [1.807, 2.05) is 13.0 Å². The number of nitrogens with zero attached hydrogens (tertiary/aromatic N) is 1. The van der Waals surface area contributed by atoms with Crippen LogP contribution in [0.3, 0.4) is 0 Å². The highest BCUT2D eigenvalue weighted by molar-refractivity contribution is 7.95. The molecule has 0 aliphatic carbocycles. The number of nitriles is 1. The molecule has 2 aromatic carbocycles. The van der Waals surface area contributed by atoms with Gasteiger partial charge in [-0.2, -0.15) is 5.26 Å². The molecular weight excluding hydrogens is 346 g/mol. The number of ether oxygens (including phenoxy) is 1. The highest BCUT2D eigenvalue weighted by Crippen LogP contribution is 2.31. The minimum absolute atomic E-state index is 0.0396. The van der Waals surface area contributed by atoms with E-state index in [1.54, 1.807) is 18.2 Å². The Morgan fingerprint density at radius 2 is 2.00 bits per heavy atom. The molecule has 0 aromatic heterocycles. The molecule has 1 aliphatic rings. The Balaban J connectivity index is 2.00. The quantitative estimate of drug-likeness (QED) is 0.777. The highest BCUT2D eigenvalue weighted by Gasteiger charge is 2.22. The van der Waals surface area contributed by atoms with E-state index in [-0.39, 0.29) is 15.9 Å². The first kappa shape index (κ1) is 16.6. The average molecular weight is 360 g/mol. The summed E-state index contributed by atoms with van der Waals surface area (Å²) in [5, 5.41) is 9.76. The number of hydrogen-bond donors (Lipinski definition) is 0. The molecule has 0 saturated heterocycles. The van der Waals surface area contributed by atoms with E-state index in [9.17, 15) is 13.7 Å². The maximum Gasteiger partial charge on any atom is 0.216 e. The first-order valence-electron chi connectivity index (χ1n) is 7.32. The largest absolute Gasteiger partial charge is 0.490 e. The molecule has 24 heavy (non-hydrogen) atoms. The van der Waals surface area contributed by atoms with Crippen LogP contribution in [0.5, 0.6) is 5.75 Å². The van der Waals surface area contributed by atoms with Gasteiger partial charge in [-0.1, -0.05) is 17.7 Å². The topological polar surface area (TPSA) is 67.2 Å². The van der Waals surface area contributed by atoms with Crippen LogP contribution in [0.4, 0.5) is 0 Å². The number of hydrogen-bond acceptors (Lipinski definition) is 4. The summed E-state index contributed by atoms with van der Waals surface area (Å²) in [5.74, 6) is 0.804. The van der Waals surface area contributed by atoms with Crippen LogP contribution in [0, 0.1) is 11.3 Å². The van der Waals surface area contributed by atoms with E-state index in [0.29, 0.717) is 10.6 Å². The Hall–Kier alpha value is -2.29. The monoisotopic (exact) mass is 359 g/mol. The third kappa shape index (κ3) is 3.16. The normalized spacial score (nSPS) is 17.0. The summed E-state index contributed by atoms with van der Waals surface area (Å²) >= 11 is 5.78. The second kappa shape index (κ2) is 6.31. The van der Waals surface area contributed by atoms with Crippen molar-refractivity contribution in [2.45, 2.75) is 24.3 Å². The van der Waals surface area contributed by atoms with Crippen LogP contribution in [0.1, 0.15) is 18.1 Å². The Morgan fingerprint density at radius 1 is 1.29 bits per heavy atom. The lowest BCUT2D eigenvalue weighted by Gasteiger charge is -2.04. The number of halogens is 1. The molecule has 0 bridgehead atoms. The van der Waals surface area contributed by atoms with Crippen LogP contribution >= 0.6 is 11.6 Å². The molecular formula is C18H14ClNO3S. The minimum atomic E-state index is -3.88. The summed E-state index contributed by atoms with van der Waals surface area (Å²) in [6.07, 6.45) is 2.25. The van der Waals surface area contributed by atoms with Crippen molar-refractivity contribution in [3.63, 3.8) is 0 Å². The Bertz CT molecular complexity index is 957. The molecule has 3 rings (SSSR count). The van der Waals surface area contributed by atoms with Gasteiger partial charge in [-0.3, -0.25) is 0 Å². The van der Waals surface area contributed by atoms with Crippen molar-refractivity contribution < 1.29 is 13.2 Å². The molecule has 0 fully saturated rings. The molecule has 122 valence electrons. The van der Waals surface area contributed by atoms with Crippen molar-refractivity contribution in [2.24, 2.45) is 0 Å². The second-order valence-electron chi connectivity index (χ2n) is 5.58. The lowest BCUT2D eigenvalue weighted by Crippen LogP contribution is -2.05. The van der Waals surface area contributed by atoms with Gasteiger partial charge in [0.15, 0.2) is 0 Å². The molecule has 0 unspecified atom stereocenters.